The third-order valence-electron chi connectivity index (χ3n) is 3.78. The van der Waals surface area contributed by atoms with Crippen LogP contribution in [0.4, 0.5) is 0 Å². The van der Waals surface area contributed by atoms with Crippen molar-refractivity contribution in [1.82, 2.24) is 0 Å². The van der Waals surface area contributed by atoms with Crippen molar-refractivity contribution in [2.45, 2.75) is 83.3 Å². The van der Waals surface area contributed by atoms with E-state index in [9.17, 15) is 0 Å². The molecule has 0 saturated heterocycles. The predicted octanol–water partition coefficient (Wildman–Crippen LogP) is 6.28. The minimum atomic E-state index is -0.00377. The van der Waals surface area contributed by atoms with E-state index < -0.39 is 0 Å². The Morgan fingerprint density at radius 3 is 1.71 bits per heavy atom. The molecule has 0 aromatic rings. The summed E-state index contributed by atoms with van der Waals surface area (Å²) in [6.45, 7) is 0. The summed E-state index contributed by atoms with van der Waals surface area (Å²) in [7, 11) is 3.43. The van der Waals surface area contributed by atoms with Crippen LogP contribution < -0.4 is 0 Å². The van der Waals surface area contributed by atoms with Gasteiger partial charge in [0.1, 0.15) is 0 Å². The first kappa shape index (κ1) is 21.4. The highest BCUT2D eigenvalue weighted by molar-refractivity contribution is 14.1. The molecule has 0 spiro atoms. The maximum absolute atomic E-state index is 5.19. The van der Waals surface area contributed by atoms with Gasteiger partial charge in [0.05, 0.1) is 0 Å². The largest absolute Gasteiger partial charge is 0.356 e. The van der Waals surface area contributed by atoms with E-state index in [0.717, 1.165) is 6.42 Å². The lowest BCUT2D eigenvalue weighted by Gasteiger charge is -2.12. The molecule has 0 N–H and O–H groups in total. The molecule has 0 aromatic carbocycles. The lowest BCUT2D eigenvalue weighted by molar-refractivity contribution is -0.107. The summed E-state index contributed by atoms with van der Waals surface area (Å²) in [6, 6.07) is 0. The Morgan fingerprint density at radius 1 is 0.714 bits per heavy atom. The molecule has 0 radical (unpaired) electrons. The van der Waals surface area contributed by atoms with E-state index in [4.69, 9.17) is 9.47 Å². The summed E-state index contributed by atoms with van der Waals surface area (Å²) < 4.78 is 11.6. The third kappa shape index (κ3) is 16.6. The zero-order valence-corrected chi connectivity index (χ0v) is 16.3. The summed E-state index contributed by atoms with van der Waals surface area (Å²) in [5, 5.41) is 0. The van der Waals surface area contributed by atoms with Crippen LogP contribution >= 0.6 is 22.6 Å². The summed E-state index contributed by atoms with van der Waals surface area (Å²) in [6.07, 6.45) is 20.5. The van der Waals surface area contributed by atoms with Crippen LogP contribution in [0.1, 0.15) is 77.0 Å². The lowest BCUT2D eigenvalue weighted by atomic mass is 10.1. The molecule has 21 heavy (non-hydrogen) atoms. The van der Waals surface area contributed by atoms with Crippen molar-refractivity contribution in [3.8, 4) is 0 Å². The van der Waals surface area contributed by atoms with E-state index in [1.165, 1.54) is 75.1 Å². The molecule has 0 fully saturated rings. The molecule has 0 aliphatic carbocycles. The molecule has 2 nitrogen and oxygen atoms in total. The van der Waals surface area contributed by atoms with Gasteiger partial charge in [0.15, 0.2) is 6.29 Å². The van der Waals surface area contributed by atoms with Crippen molar-refractivity contribution >= 4 is 22.6 Å². The SMILES string of the molecule is COC(CCCCCCCCCCC/C=C/CCI)OC. The Morgan fingerprint density at radius 2 is 1.19 bits per heavy atom. The molecule has 0 saturated carbocycles. The second kappa shape index (κ2) is 18.4. The quantitative estimate of drug-likeness (QED) is 0.0981. The number of unbranched alkanes of at least 4 members (excludes halogenated alkanes) is 9. The van der Waals surface area contributed by atoms with Crippen molar-refractivity contribution in [3.63, 3.8) is 0 Å². The minimum Gasteiger partial charge on any atom is -0.356 e. The predicted molar refractivity (Wildman–Crippen MR) is 101 cm³/mol. The minimum absolute atomic E-state index is 0.00377. The second-order valence-electron chi connectivity index (χ2n) is 5.61. The van der Waals surface area contributed by atoms with Crippen LogP contribution in [0.25, 0.3) is 0 Å². The van der Waals surface area contributed by atoms with Gasteiger partial charge in [-0.1, -0.05) is 79.7 Å². The van der Waals surface area contributed by atoms with Gasteiger partial charge in [0, 0.05) is 18.6 Å². The number of methoxy groups -OCH3 is 2. The van der Waals surface area contributed by atoms with Gasteiger partial charge in [-0.15, -0.1) is 0 Å². The lowest BCUT2D eigenvalue weighted by Crippen LogP contribution is -2.12. The topological polar surface area (TPSA) is 18.5 Å². The summed E-state index contributed by atoms with van der Waals surface area (Å²) in [4.78, 5) is 0. The van der Waals surface area contributed by atoms with Crippen LogP contribution in [0.5, 0.6) is 0 Å². The number of hydrogen-bond acceptors (Lipinski definition) is 2. The monoisotopic (exact) mass is 410 g/mol. The van der Waals surface area contributed by atoms with Crippen molar-refractivity contribution in [2.24, 2.45) is 0 Å². The zero-order chi connectivity index (χ0) is 15.6. The average Bonchev–Trinajstić information content (AvgIpc) is 2.51. The van der Waals surface area contributed by atoms with Crippen LogP contribution in [-0.2, 0) is 9.47 Å². The van der Waals surface area contributed by atoms with Crippen molar-refractivity contribution < 1.29 is 9.47 Å². The molecule has 0 bridgehead atoms. The Hall–Kier alpha value is 0.390. The number of halogens is 1. The molecule has 0 unspecified atom stereocenters. The first-order valence-corrected chi connectivity index (χ1v) is 10.1. The van der Waals surface area contributed by atoms with Gasteiger partial charge in [0.25, 0.3) is 0 Å². The Kier molecular flexibility index (Phi) is 18.8. The van der Waals surface area contributed by atoms with Crippen LogP contribution in [0, 0.1) is 0 Å². The van der Waals surface area contributed by atoms with Gasteiger partial charge in [-0.2, -0.15) is 0 Å². The van der Waals surface area contributed by atoms with Crippen LogP contribution in [-0.4, -0.2) is 24.9 Å². The van der Waals surface area contributed by atoms with Crippen molar-refractivity contribution in [3.05, 3.63) is 12.2 Å². The van der Waals surface area contributed by atoms with Crippen LogP contribution in [0.2, 0.25) is 0 Å². The van der Waals surface area contributed by atoms with E-state index in [0.29, 0.717) is 0 Å². The van der Waals surface area contributed by atoms with Gasteiger partial charge in [-0.3, -0.25) is 0 Å². The Balaban J connectivity index is 3.09. The molecule has 0 aliphatic rings. The number of ether oxygens (including phenoxy) is 2. The first-order valence-electron chi connectivity index (χ1n) is 8.61. The highest BCUT2D eigenvalue weighted by Crippen LogP contribution is 2.13. The fourth-order valence-electron chi connectivity index (χ4n) is 2.44. The molecular weight excluding hydrogens is 375 g/mol. The average molecular weight is 410 g/mol. The number of allylic oxidation sites excluding steroid dienone is 2. The molecular formula is C18H35IO2. The fraction of sp³-hybridized carbons (Fsp3) is 0.889. The Labute approximate surface area is 146 Å². The molecule has 0 heterocycles. The zero-order valence-electron chi connectivity index (χ0n) is 14.1. The number of alkyl halides is 1. The highest BCUT2D eigenvalue weighted by atomic mass is 127. The van der Waals surface area contributed by atoms with Gasteiger partial charge < -0.3 is 9.47 Å². The fourth-order valence-corrected chi connectivity index (χ4v) is 2.80. The molecule has 3 heteroatoms. The molecule has 0 aliphatic heterocycles. The summed E-state index contributed by atoms with van der Waals surface area (Å²) in [5.41, 5.74) is 0. The van der Waals surface area contributed by atoms with Gasteiger partial charge in [-0.05, 0) is 32.1 Å². The molecule has 0 rings (SSSR count). The highest BCUT2D eigenvalue weighted by Gasteiger charge is 2.03. The normalized spacial score (nSPS) is 11.8. The maximum Gasteiger partial charge on any atom is 0.156 e. The van der Waals surface area contributed by atoms with Gasteiger partial charge >= 0.3 is 0 Å². The molecule has 0 amide bonds. The van der Waals surface area contributed by atoms with E-state index in [1.807, 2.05) is 0 Å². The van der Waals surface area contributed by atoms with Crippen molar-refractivity contribution in [2.75, 3.05) is 18.6 Å². The summed E-state index contributed by atoms with van der Waals surface area (Å²) in [5.74, 6) is 0. The van der Waals surface area contributed by atoms with Gasteiger partial charge in [0.2, 0.25) is 0 Å². The molecule has 0 atom stereocenters. The molecule has 0 aromatic heterocycles. The second-order valence-corrected chi connectivity index (χ2v) is 6.69. The van der Waals surface area contributed by atoms with Gasteiger partial charge in [-0.25, -0.2) is 0 Å². The summed E-state index contributed by atoms with van der Waals surface area (Å²) >= 11 is 2.43. The first-order chi connectivity index (χ1) is 10.3. The van der Waals surface area contributed by atoms with Crippen molar-refractivity contribution in [1.29, 1.82) is 0 Å². The van der Waals surface area contributed by atoms with E-state index >= 15 is 0 Å². The molecule has 126 valence electrons. The van der Waals surface area contributed by atoms with Crippen LogP contribution in [0.3, 0.4) is 0 Å². The number of hydrogen-bond donors (Lipinski definition) is 0. The van der Waals surface area contributed by atoms with E-state index in [1.54, 1.807) is 14.2 Å². The smallest absolute Gasteiger partial charge is 0.156 e. The van der Waals surface area contributed by atoms with E-state index in [-0.39, 0.29) is 6.29 Å². The van der Waals surface area contributed by atoms with E-state index in [2.05, 4.69) is 34.7 Å². The Bertz CT molecular complexity index is 215. The third-order valence-corrected chi connectivity index (χ3v) is 4.40. The number of rotatable bonds is 16. The standard InChI is InChI=1S/C18H35IO2/c1-20-18(21-2)16-14-12-10-8-6-4-3-5-7-9-11-13-15-17-19/h11,13,18H,3-10,12,14-17H2,1-2H3/b13-11+. The van der Waals surface area contributed by atoms with Crippen LogP contribution in [0.15, 0.2) is 12.2 Å². The maximum atomic E-state index is 5.19.